The Kier molecular flexibility index (Phi) is 10.3. The van der Waals surface area contributed by atoms with Crippen molar-refractivity contribution in [3.8, 4) is 11.5 Å². The number of benzene rings is 2. The molecule has 0 unspecified atom stereocenters. The quantitative estimate of drug-likeness (QED) is 0.414. The van der Waals surface area contributed by atoms with E-state index in [1.807, 2.05) is 38.1 Å². The van der Waals surface area contributed by atoms with Crippen LogP contribution in [-0.2, 0) is 6.54 Å². The van der Waals surface area contributed by atoms with Crippen molar-refractivity contribution < 1.29 is 9.47 Å². The van der Waals surface area contributed by atoms with E-state index in [1.54, 1.807) is 0 Å². The highest BCUT2D eigenvalue weighted by atomic mass is 16.5. The smallest absolute Gasteiger partial charge is 0.119 e. The highest BCUT2D eigenvalue weighted by Gasteiger charge is 1.99. The molecule has 2 aromatic rings. The van der Waals surface area contributed by atoms with Crippen LogP contribution in [0.1, 0.15) is 52.0 Å². The van der Waals surface area contributed by atoms with Gasteiger partial charge in [-0.15, -0.1) is 0 Å². The standard InChI is InChI=1S/C24H36N2O2/c1-4-5-6-7-18-27-23-14-10-22(11-15-23)26-17-16-25-19-21-8-12-24(13-9-21)28-20(2)3/h8-15,20,25-26H,4-7,16-19H2,1-3H3. The first-order chi connectivity index (χ1) is 13.7. The molecule has 154 valence electrons. The zero-order chi connectivity index (χ0) is 20.0. The highest BCUT2D eigenvalue weighted by Crippen LogP contribution is 2.16. The van der Waals surface area contributed by atoms with Crippen LogP contribution in [0.2, 0.25) is 0 Å². The number of hydrogen-bond acceptors (Lipinski definition) is 4. The molecule has 0 aliphatic rings. The van der Waals surface area contributed by atoms with Crippen LogP contribution in [0.3, 0.4) is 0 Å². The molecule has 0 aromatic heterocycles. The molecule has 0 saturated heterocycles. The monoisotopic (exact) mass is 384 g/mol. The fourth-order valence-electron chi connectivity index (χ4n) is 2.87. The first kappa shape index (κ1) is 22.1. The maximum atomic E-state index is 5.78. The molecule has 0 fully saturated rings. The van der Waals surface area contributed by atoms with Gasteiger partial charge in [0.2, 0.25) is 0 Å². The van der Waals surface area contributed by atoms with Gasteiger partial charge in [-0.3, -0.25) is 0 Å². The third-order valence-corrected chi connectivity index (χ3v) is 4.38. The Hall–Kier alpha value is -2.20. The molecule has 0 saturated carbocycles. The Morgan fingerprint density at radius 3 is 2.21 bits per heavy atom. The summed E-state index contributed by atoms with van der Waals surface area (Å²) in [6.07, 6.45) is 5.14. The van der Waals surface area contributed by atoms with Gasteiger partial charge in [0.05, 0.1) is 12.7 Å². The van der Waals surface area contributed by atoms with E-state index < -0.39 is 0 Å². The van der Waals surface area contributed by atoms with Crippen molar-refractivity contribution in [3.63, 3.8) is 0 Å². The molecule has 2 aromatic carbocycles. The van der Waals surface area contributed by atoms with E-state index in [-0.39, 0.29) is 6.10 Å². The molecule has 0 heterocycles. The summed E-state index contributed by atoms with van der Waals surface area (Å²) in [7, 11) is 0. The van der Waals surface area contributed by atoms with Gasteiger partial charge in [-0.05, 0) is 62.2 Å². The lowest BCUT2D eigenvalue weighted by Crippen LogP contribution is -2.21. The first-order valence-electron chi connectivity index (χ1n) is 10.6. The minimum absolute atomic E-state index is 0.210. The van der Waals surface area contributed by atoms with E-state index in [4.69, 9.17) is 9.47 Å². The molecule has 0 bridgehead atoms. The number of hydrogen-bond donors (Lipinski definition) is 2. The Labute approximate surface area is 170 Å². The molecule has 0 spiro atoms. The average molecular weight is 385 g/mol. The minimum Gasteiger partial charge on any atom is -0.494 e. The van der Waals surface area contributed by atoms with Crippen molar-refractivity contribution in [3.05, 3.63) is 54.1 Å². The van der Waals surface area contributed by atoms with Gasteiger partial charge in [0.25, 0.3) is 0 Å². The molecular weight excluding hydrogens is 348 g/mol. The largest absolute Gasteiger partial charge is 0.494 e. The van der Waals surface area contributed by atoms with Gasteiger partial charge in [0.1, 0.15) is 11.5 Å². The maximum Gasteiger partial charge on any atom is 0.119 e. The van der Waals surface area contributed by atoms with E-state index in [1.165, 1.54) is 24.8 Å². The molecule has 0 aliphatic heterocycles. The number of nitrogens with one attached hydrogen (secondary N) is 2. The van der Waals surface area contributed by atoms with Gasteiger partial charge in [-0.2, -0.15) is 0 Å². The second kappa shape index (κ2) is 13.1. The average Bonchev–Trinajstić information content (AvgIpc) is 2.69. The zero-order valence-electron chi connectivity index (χ0n) is 17.7. The maximum absolute atomic E-state index is 5.78. The number of unbranched alkanes of at least 4 members (excludes halogenated alkanes) is 3. The van der Waals surface area contributed by atoms with Gasteiger partial charge in [0, 0.05) is 25.3 Å². The van der Waals surface area contributed by atoms with Crippen LogP contribution in [0.25, 0.3) is 0 Å². The zero-order valence-corrected chi connectivity index (χ0v) is 17.7. The molecule has 4 nitrogen and oxygen atoms in total. The topological polar surface area (TPSA) is 42.5 Å². The summed E-state index contributed by atoms with van der Waals surface area (Å²) in [5.41, 5.74) is 2.38. The Bertz CT molecular complexity index is 639. The number of rotatable bonds is 14. The predicted molar refractivity (Wildman–Crippen MR) is 118 cm³/mol. The van der Waals surface area contributed by atoms with E-state index in [2.05, 4.69) is 41.8 Å². The molecule has 0 aliphatic carbocycles. The SMILES string of the molecule is CCCCCCOc1ccc(NCCNCc2ccc(OC(C)C)cc2)cc1. The van der Waals surface area contributed by atoms with E-state index in [0.29, 0.717) is 0 Å². The van der Waals surface area contributed by atoms with Gasteiger partial charge in [-0.1, -0.05) is 38.3 Å². The van der Waals surface area contributed by atoms with E-state index >= 15 is 0 Å². The number of ether oxygens (including phenoxy) is 2. The summed E-state index contributed by atoms with van der Waals surface area (Å²) in [5, 5.41) is 6.89. The highest BCUT2D eigenvalue weighted by molar-refractivity contribution is 5.46. The third kappa shape index (κ3) is 9.14. The van der Waals surface area contributed by atoms with Gasteiger partial charge in [0.15, 0.2) is 0 Å². The van der Waals surface area contributed by atoms with E-state index in [9.17, 15) is 0 Å². The molecular formula is C24H36N2O2. The summed E-state index contributed by atoms with van der Waals surface area (Å²) in [6.45, 7) is 9.75. The van der Waals surface area contributed by atoms with Crippen LogP contribution < -0.4 is 20.1 Å². The van der Waals surface area contributed by atoms with Crippen LogP contribution in [0, 0.1) is 0 Å². The summed E-state index contributed by atoms with van der Waals surface area (Å²) in [4.78, 5) is 0. The van der Waals surface area contributed by atoms with Crippen molar-refractivity contribution in [2.24, 2.45) is 0 Å². The Morgan fingerprint density at radius 1 is 0.821 bits per heavy atom. The Morgan fingerprint density at radius 2 is 1.54 bits per heavy atom. The molecule has 0 radical (unpaired) electrons. The van der Waals surface area contributed by atoms with Gasteiger partial charge in [-0.25, -0.2) is 0 Å². The Balaban J connectivity index is 1.57. The van der Waals surface area contributed by atoms with Crippen molar-refractivity contribution in [1.29, 1.82) is 0 Å². The molecule has 28 heavy (non-hydrogen) atoms. The van der Waals surface area contributed by atoms with Crippen LogP contribution in [-0.4, -0.2) is 25.8 Å². The van der Waals surface area contributed by atoms with E-state index in [0.717, 1.165) is 49.8 Å². The van der Waals surface area contributed by atoms with Crippen LogP contribution in [0.5, 0.6) is 11.5 Å². The lowest BCUT2D eigenvalue weighted by atomic mass is 10.2. The summed E-state index contributed by atoms with van der Waals surface area (Å²) in [5.74, 6) is 1.87. The molecule has 0 atom stereocenters. The summed E-state index contributed by atoms with van der Waals surface area (Å²) >= 11 is 0. The molecule has 0 amide bonds. The summed E-state index contributed by atoms with van der Waals surface area (Å²) in [6, 6.07) is 16.5. The van der Waals surface area contributed by atoms with Crippen LogP contribution in [0.4, 0.5) is 5.69 Å². The fourth-order valence-corrected chi connectivity index (χ4v) is 2.87. The van der Waals surface area contributed by atoms with Crippen LogP contribution >= 0.6 is 0 Å². The second-order valence-corrected chi connectivity index (χ2v) is 7.35. The minimum atomic E-state index is 0.210. The van der Waals surface area contributed by atoms with Crippen molar-refractivity contribution in [2.45, 2.75) is 59.1 Å². The first-order valence-corrected chi connectivity index (χ1v) is 10.6. The molecule has 2 N–H and O–H groups in total. The van der Waals surface area contributed by atoms with Crippen molar-refractivity contribution >= 4 is 5.69 Å². The normalized spacial score (nSPS) is 10.9. The van der Waals surface area contributed by atoms with Crippen LogP contribution in [0.15, 0.2) is 48.5 Å². The van der Waals surface area contributed by atoms with Gasteiger partial charge >= 0.3 is 0 Å². The third-order valence-electron chi connectivity index (χ3n) is 4.38. The van der Waals surface area contributed by atoms with Crippen molar-refractivity contribution in [2.75, 3.05) is 25.0 Å². The van der Waals surface area contributed by atoms with Gasteiger partial charge < -0.3 is 20.1 Å². The van der Waals surface area contributed by atoms with Crippen molar-refractivity contribution in [1.82, 2.24) is 5.32 Å². The molecule has 2 rings (SSSR count). The molecule has 4 heteroatoms. The lowest BCUT2D eigenvalue weighted by molar-refractivity contribution is 0.242. The second-order valence-electron chi connectivity index (χ2n) is 7.35. The fraction of sp³-hybridized carbons (Fsp3) is 0.500. The predicted octanol–water partition coefficient (Wildman–Crippen LogP) is 5.63. The number of anilines is 1. The lowest BCUT2D eigenvalue weighted by Gasteiger charge is -2.11. The summed E-state index contributed by atoms with van der Waals surface area (Å²) < 4.78 is 11.4.